The summed E-state index contributed by atoms with van der Waals surface area (Å²) in [5.74, 6) is -0.0132. The van der Waals surface area contributed by atoms with Crippen LogP contribution in [0.2, 0.25) is 0 Å². The Morgan fingerprint density at radius 1 is 1.09 bits per heavy atom. The van der Waals surface area contributed by atoms with E-state index in [0.29, 0.717) is 24.1 Å². The molecule has 0 unspecified atom stereocenters. The predicted molar refractivity (Wildman–Crippen MR) is 85.4 cm³/mol. The Kier molecular flexibility index (Phi) is 3.62. The first-order valence-corrected chi connectivity index (χ1v) is 8.45. The van der Waals surface area contributed by atoms with E-state index in [1.807, 2.05) is 0 Å². The maximum atomic E-state index is 12.5. The largest absolute Gasteiger partial charge is 0.326 e. The van der Waals surface area contributed by atoms with Crippen molar-refractivity contribution in [3.63, 3.8) is 0 Å². The van der Waals surface area contributed by atoms with Crippen LogP contribution < -0.4 is 10.0 Å². The molecular formula is C16H16N2O3S. The summed E-state index contributed by atoms with van der Waals surface area (Å²) in [6, 6.07) is 12.0. The lowest BCUT2D eigenvalue weighted by molar-refractivity contribution is -0.116. The summed E-state index contributed by atoms with van der Waals surface area (Å²) in [6.45, 7) is 1.76. The van der Waals surface area contributed by atoms with Gasteiger partial charge in [-0.05, 0) is 48.7 Å². The zero-order chi connectivity index (χ0) is 15.7. The quantitative estimate of drug-likeness (QED) is 0.914. The van der Waals surface area contributed by atoms with Gasteiger partial charge in [-0.2, -0.15) is 0 Å². The third-order valence-electron chi connectivity index (χ3n) is 3.64. The predicted octanol–water partition coefficient (Wildman–Crippen LogP) is 2.68. The van der Waals surface area contributed by atoms with Gasteiger partial charge in [-0.3, -0.25) is 9.52 Å². The van der Waals surface area contributed by atoms with Gasteiger partial charge >= 0.3 is 0 Å². The van der Waals surface area contributed by atoms with Crippen molar-refractivity contribution in [3.05, 3.63) is 53.6 Å². The van der Waals surface area contributed by atoms with E-state index >= 15 is 0 Å². The normalized spacial score (nSPS) is 14.1. The summed E-state index contributed by atoms with van der Waals surface area (Å²) in [5, 5.41) is 2.77. The number of fused-ring (bicyclic) bond motifs is 1. The van der Waals surface area contributed by atoms with Crippen LogP contribution in [0.25, 0.3) is 0 Å². The highest BCUT2D eigenvalue weighted by Gasteiger charge is 2.19. The summed E-state index contributed by atoms with van der Waals surface area (Å²) in [4.78, 5) is 11.6. The van der Waals surface area contributed by atoms with Crippen LogP contribution in [-0.4, -0.2) is 14.3 Å². The highest BCUT2D eigenvalue weighted by atomic mass is 32.2. The van der Waals surface area contributed by atoms with Gasteiger partial charge in [0.25, 0.3) is 10.0 Å². The molecule has 0 saturated heterocycles. The van der Waals surface area contributed by atoms with Crippen molar-refractivity contribution >= 4 is 27.3 Å². The van der Waals surface area contributed by atoms with E-state index in [0.717, 1.165) is 11.3 Å². The molecule has 0 aromatic heterocycles. The number of nitrogens with one attached hydrogen (secondary N) is 2. The number of aryl methyl sites for hydroxylation is 2. The molecule has 3 rings (SSSR count). The van der Waals surface area contributed by atoms with Crippen molar-refractivity contribution in [2.45, 2.75) is 24.7 Å². The molecule has 5 nitrogen and oxygen atoms in total. The number of carbonyl (C=O) groups is 1. The standard InChI is InChI=1S/C16H16N2O3S/c1-11-4-2-3-5-15(11)22(20,21)18-13-7-8-14-12(10-13)6-9-16(19)17-14/h2-5,7-8,10,18H,6,9H2,1H3,(H,17,19). The summed E-state index contributed by atoms with van der Waals surface area (Å²) >= 11 is 0. The van der Waals surface area contributed by atoms with Crippen LogP contribution in [0.4, 0.5) is 11.4 Å². The van der Waals surface area contributed by atoms with Crippen LogP contribution in [-0.2, 0) is 21.2 Å². The molecule has 1 aliphatic rings. The van der Waals surface area contributed by atoms with Crippen LogP contribution in [0.1, 0.15) is 17.5 Å². The van der Waals surface area contributed by atoms with Gasteiger partial charge in [0.2, 0.25) is 5.91 Å². The summed E-state index contributed by atoms with van der Waals surface area (Å²) in [6.07, 6.45) is 1.03. The monoisotopic (exact) mass is 316 g/mol. The molecule has 0 fully saturated rings. The molecular weight excluding hydrogens is 300 g/mol. The van der Waals surface area contributed by atoms with Crippen molar-refractivity contribution < 1.29 is 13.2 Å². The Hall–Kier alpha value is -2.34. The molecule has 0 radical (unpaired) electrons. The molecule has 2 N–H and O–H groups in total. The van der Waals surface area contributed by atoms with E-state index in [-0.39, 0.29) is 10.8 Å². The number of hydrogen-bond acceptors (Lipinski definition) is 3. The zero-order valence-electron chi connectivity index (χ0n) is 12.1. The highest BCUT2D eigenvalue weighted by Crippen LogP contribution is 2.27. The van der Waals surface area contributed by atoms with Gasteiger partial charge in [-0.25, -0.2) is 8.42 Å². The van der Waals surface area contributed by atoms with Crippen LogP contribution in [0.5, 0.6) is 0 Å². The molecule has 0 aliphatic carbocycles. The lowest BCUT2D eigenvalue weighted by atomic mass is 10.0. The lowest BCUT2D eigenvalue weighted by Gasteiger charge is -2.18. The van der Waals surface area contributed by atoms with Crippen molar-refractivity contribution in [3.8, 4) is 0 Å². The van der Waals surface area contributed by atoms with Gasteiger partial charge in [0.1, 0.15) is 0 Å². The highest BCUT2D eigenvalue weighted by molar-refractivity contribution is 7.92. The van der Waals surface area contributed by atoms with E-state index in [2.05, 4.69) is 10.0 Å². The summed E-state index contributed by atoms with van der Waals surface area (Å²) in [5.41, 5.74) is 2.87. The fourth-order valence-corrected chi connectivity index (χ4v) is 3.81. The third kappa shape index (κ3) is 2.82. The van der Waals surface area contributed by atoms with Crippen molar-refractivity contribution in [2.75, 3.05) is 10.0 Å². The minimum absolute atomic E-state index is 0.0132. The molecule has 1 aliphatic heterocycles. The minimum atomic E-state index is -3.62. The van der Waals surface area contributed by atoms with Gasteiger partial charge in [-0.15, -0.1) is 0 Å². The molecule has 22 heavy (non-hydrogen) atoms. The van der Waals surface area contributed by atoms with Crippen LogP contribution in [0, 0.1) is 6.92 Å². The Morgan fingerprint density at radius 2 is 1.86 bits per heavy atom. The molecule has 0 saturated carbocycles. The number of sulfonamides is 1. The van der Waals surface area contributed by atoms with Crippen molar-refractivity contribution in [1.82, 2.24) is 0 Å². The number of rotatable bonds is 3. The molecule has 0 spiro atoms. The fraction of sp³-hybridized carbons (Fsp3) is 0.188. The van der Waals surface area contributed by atoms with Crippen LogP contribution in [0.15, 0.2) is 47.4 Å². The first-order chi connectivity index (χ1) is 10.5. The molecule has 1 amide bonds. The maximum Gasteiger partial charge on any atom is 0.262 e. The second-order valence-corrected chi connectivity index (χ2v) is 6.94. The molecule has 2 aromatic rings. The fourth-order valence-electron chi connectivity index (χ4n) is 2.51. The van der Waals surface area contributed by atoms with Crippen LogP contribution >= 0.6 is 0 Å². The van der Waals surface area contributed by atoms with Gasteiger partial charge in [0.05, 0.1) is 4.90 Å². The third-order valence-corrected chi connectivity index (χ3v) is 5.18. The number of benzene rings is 2. The number of carbonyl (C=O) groups excluding carboxylic acids is 1. The van der Waals surface area contributed by atoms with Crippen LogP contribution in [0.3, 0.4) is 0 Å². The molecule has 2 aromatic carbocycles. The zero-order valence-corrected chi connectivity index (χ0v) is 12.9. The van der Waals surface area contributed by atoms with E-state index in [1.54, 1.807) is 49.4 Å². The van der Waals surface area contributed by atoms with Gasteiger partial charge in [0, 0.05) is 17.8 Å². The minimum Gasteiger partial charge on any atom is -0.326 e. The Bertz CT molecular complexity index is 844. The van der Waals surface area contributed by atoms with Crippen molar-refractivity contribution in [2.24, 2.45) is 0 Å². The average molecular weight is 316 g/mol. The Labute approximate surface area is 129 Å². The lowest BCUT2D eigenvalue weighted by Crippen LogP contribution is -2.19. The first-order valence-electron chi connectivity index (χ1n) is 6.97. The first kappa shape index (κ1) is 14.6. The Balaban J connectivity index is 1.90. The number of anilines is 2. The molecule has 1 heterocycles. The smallest absolute Gasteiger partial charge is 0.262 e. The van der Waals surface area contributed by atoms with Gasteiger partial charge in [-0.1, -0.05) is 18.2 Å². The van der Waals surface area contributed by atoms with Crippen molar-refractivity contribution in [1.29, 1.82) is 0 Å². The summed E-state index contributed by atoms with van der Waals surface area (Å²) < 4.78 is 27.5. The van der Waals surface area contributed by atoms with E-state index in [1.165, 1.54) is 0 Å². The van der Waals surface area contributed by atoms with E-state index in [4.69, 9.17) is 0 Å². The molecule has 0 atom stereocenters. The molecule has 114 valence electrons. The van der Waals surface area contributed by atoms with E-state index in [9.17, 15) is 13.2 Å². The van der Waals surface area contributed by atoms with Gasteiger partial charge < -0.3 is 5.32 Å². The Morgan fingerprint density at radius 3 is 2.64 bits per heavy atom. The topological polar surface area (TPSA) is 75.3 Å². The molecule has 0 bridgehead atoms. The maximum absolute atomic E-state index is 12.5. The SMILES string of the molecule is Cc1ccccc1S(=O)(=O)Nc1ccc2c(c1)CCC(=O)N2. The number of hydrogen-bond donors (Lipinski definition) is 2. The summed E-state index contributed by atoms with van der Waals surface area (Å²) in [7, 11) is -3.62. The van der Waals surface area contributed by atoms with Gasteiger partial charge in [0.15, 0.2) is 0 Å². The average Bonchev–Trinajstić information content (AvgIpc) is 2.47. The number of amides is 1. The van der Waals surface area contributed by atoms with E-state index < -0.39 is 10.0 Å². The second-order valence-electron chi connectivity index (χ2n) is 5.29. The second kappa shape index (κ2) is 5.46. The molecule has 6 heteroatoms.